The van der Waals surface area contributed by atoms with Gasteiger partial charge in [0.2, 0.25) is 0 Å². The van der Waals surface area contributed by atoms with Gasteiger partial charge in [0.15, 0.2) is 5.11 Å². The highest BCUT2D eigenvalue weighted by atomic mass is 32.1. The number of aromatic nitrogens is 2. The summed E-state index contributed by atoms with van der Waals surface area (Å²) in [5, 5.41) is 4.30. The van der Waals surface area contributed by atoms with E-state index >= 15 is 0 Å². The Labute approximate surface area is 190 Å². The molecule has 1 aliphatic rings. The van der Waals surface area contributed by atoms with Crippen molar-refractivity contribution >= 4 is 23.0 Å². The number of hydrogen-bond acceptors (Lipinski definition) is 3. The molecule has 4 rings (SSSR count). The molecule has 0 amide bonds. The normalized spacial score (nSPS) is 18.5. The zero-order chi connectivity index (χ0) is 22.1. The zero-order valence-corrected chi connectivity index (χ0v) is 19.7. The highest BCUT2D eigenvalue weighted by Crippen LogP contribution is 2.43. The second-order valence-electron chi connectivity index (χ2n) is 8.31. The second-order valence-corrected chi connectivity index (χ2v) is 8.70. The summed E-state index contributed by atoms with van der Waals surface area (Å²) in [4.78, 5) is 6.93. The van der Waals surface area contributed by atoms with Crippen molar-refractivity contribution in [3.05, 3.63) is 82.4 Å². The van der Waals surface area contributed by atoms with Crippen LogP contribution in [0, 0.1) is 27.7 Å². The van der Waals surface area contributed by atoms with Crippen LogP contribution in [0.2, 0.25) is 0 Å². The van der Waals surface area contributed by atoms with E-state index in [0.29, 0.717) is 6.61 Å². The van der Waals surface area contributed by atoms with E-state index < -0.39 is 0 Å². The van der Waals surface area contributed by atoms with Crippen LogP contribution in [-0.2, 0) is 11.3 Å². The van der Waals surface area contributed by atoms with Gasteiger partial charge < -0.3 is 19.5 Å². The van der Waals surface area contributed by atoms with Crippen LogP contribution in [0.1, 0.15) is 45.9 Å². The first kappa shape index (κ1) is 21.5. The maximum absolute atomic E-state index is 5.88. The molecular formula is C25H30N4OS. The number of thiocarbonyl (C=S) groups is 1. The fourth-order valence-electron chi connectivity index (χ4n) is 4.69. The first-order chi connectivity index (χ1) is 14.9. The minimum atomic E-state index is -0.0362. The molecule has 1 N–H and O–H groups in total. The van der Waals surface area contributed by atoms with Crippen LogP contribution < -0.4 is 10.2 Å². The molecule has 0 radical (unpaired) electrons. The van der Waals surface area contributed by atoms with Gasteiger partial charge in [-0.2, -0.15) is 0 Å². The zero-order valence-electron chi connectivity index (χ0n) is 18.8. The quantitative estimate of drug-likeness (QED) is 0.557. The van der Waals surface area contributed by atoms with Gasteiger partial charge in [0.05, 0.1) is 24.4 Å². The minimum Gasteiger partial charge on any atom is -0.383 e. The average molecular weight is 435 g/mol. The molecule has 1 saturated heterocycles. The fourth-order valence-corrected chi connectivity index (χ4v) is 5.04. The van der Waals surface area contributed by atoms with E-state index in [1.54, 1.807) is 7.11 Å². The lowest BCUT2D eigenvalue weighted by Gasteiger charge is -2.29. The predicted octanol–water partition coefficient (Wildman–Crippen LogP) is 4.94. The maximum Gasteiger partial charge on any atom is 0.174 e. The summed E-state index contributed by atoms with van der Waals surface area (Å²) in [5.74, 6) is 0. The molecule has 6 heteroatoms. The van der Waals surface area contributed by atoms with E-state index in [1.807, 2.05) is 18.3 Å². The molecule has 0 saturated carbocycles. The number of anilines is 1. The SMILES string of the molecule is COCCn1c(C)cc([C@@H]2[C@H](c3ccccn3)NC(=S)N2c2cc(C)cc(C)c2)c1C. The summed E-state index contributed by atoms with van der Waals surface area (Å²) < 4.78 is 7.67. The van der Waals surface area contributed by atoms with E-state index in [1.165, 1.54) is 28.1 Å². The van der Waals surface area contributed by atoms with Gasteiger partial charge in [-0.25, -0.2) is 0 Å². The smallest absolute Gasteiger partial charge is 0.174 e. The van der Waals surface area contributed by atoms with Gasteiger partial charge in [-0.15, -0.1) is 0 Å². The van der Waals surface area contributed by atoms with Gasteiger partial charge in [-0.1, -0.05) is 12.1 Å². The Morgan fingerprint density at radius 3 is 2.45 bits per heavy atom. The second kappa shape index (κ2) is 8.81. The summed E-state index contributed by atoms with van der Waals surface area (Å²) in [6, 6.07) is 14.9. The minimum absolute atomic E-state index is 0.00564. The van der Waals surface area contributed by atoms with Crippen molar-refractivity contribution in [2.75, 3.05) is 18.6 Å². The topological polar surface area (TPSA) is 42.3 Å². The summed E-state index contributed by atoms with van der Waals surface area (Å²) in [6.45, 7) is 10.1. The monoisotopic (exact) mass is 434 g/mol. The van der Waals surface area contributed by atoms with Crippen LogP contribution in [0.15, 0.2) is 48.7 Å². The molecule has 1 aromatic carbocycles. The Balaban J connectivity index is 1.86. The van der Waals surface area contributed by atoms with E-state index in [9.17, 15) is 0 Å². The maximum atomic E-state index is 5.88. The first-order valence-electron chi connectivity index (χ1n) is 10.6. The fraction of sp³-hybridized carbons (Fsp3) is 0.360. The Hall–Kier alpha value is -2.70. The summed E-state index contributed by atoms with van der Waals surface area (Å²) >= 11 is 5.88. The van der Waals surface area contributed by atoms with Gasteiger partial charge in [0.25, 0.3) is 0 Å². The van der Waals surface area contributed by atoms with Crippen LogP contribution in [0.25, 0.3) is 0 Å². The Morgan fingerprint density at radius 2 is 1.81 bits per heavy atom. The molecule has 2 atom stereocenters. The van der Waals surface area contributed by atoms with Crippen molar-refractivity contribution in [1.29, 1.82) is 0 Å². The molecule has 1 aliphatic heterocycles. The van der Waals surface area contributed by atoms with E-state index in [0.717, 1.165) is 23.0 Å². The molecule has 31 heavy (non-hydrogen) atoms. The number of methoxy groups -OCH3 is 1. The summed E-state index contributed by atoms with van der Waals surface area (Å²) in [5.41, 5.74) is 8.27. The molecule has 0 unspecified atom stereocenters. The van der Waals surface area contributed by atoms with Gasteiger partial charge in [-0.3, -0.25) is 4.98 Å². The van der Waals surface area contributed by atoms with Crippen molar-refractivity contribution in [1.82, 2.24) is 14.9 Å². The van der Waals surface area contributed by atoms with E-state index in [2.05, 4.69) is 77.8 Å². The third-order valence-electron chi connectivity index (χ3n) is 6.03. The van der Waals surface area contributed by atoms with Gasteiger partial charge in [-0.05, 0) is 86.9 Å². The number of nitrogens with zero attached hydrogens (tertiary/aromatic N) is 3. The van der Waals surface area contributed by atoms with Crippen molar-refractivity contribution < 1.29 is 4.74 Å². The lowest BCUT2D eigenvalue weighted by molar-refractivity contribution is 0.186. The standard InChI is InChI=1S/C25H30N4OS/c1-16-12-17(2)14-20(13-16)29-24(21-15-18(3)28(19(21)4)10-11-30-5)23(27-25(29)31)22-8-6-7-9-26-22/h6-9,12-15,23-24H,10-11H2,1-5H3,(H,27,31)/t23-,24+/m0/s1. The van der Waals surface area contributed by atoms with Crippen LogP contribution in [-0.4, -0.2) is 28.4 Å². The number of hydrogen-bond donors (Lipinski definition) is 1. The van der Waals surface area contributed by atoms with Crippen LogP contribution >= 0.6 is 12.2 Å². The molecule has 0 aliphatic carbocycles. The molecule has 2 aromatic heterocycles. The van der Waals surface area contributed by atoms with Gasteiger partial charge >= 0.3 is 0 Å². The van der Waals surface area contributed by atoms with E-state index in [4.69, 9.17) is 17.0 Å². The molecular weight excluding hydrogens is 404 g/mol. The average Bonchev–Trinajstić information content (AvgIpc) is 3.22. The third-order valence-corrected chi connectivity index (χ3v) is 6.35. The molecule has 3 heterocycles. The summed E-state index contributed by atoms with van der Waals surface area (Å²) in [6.07, 6.45) is 1.85. The first-order valence-corrected chi connectivity index (χ1v) is 11.1. The lowest BCUT2D eigenvalue weighted by Crippen LogP contribution is -2.29. The molecule has 0 spiro atoms. The molecule has 0 bridgehead atoms. The Morgan fingerprint density at radius 1 is 1.06 bits per heavy atom. The Kier molecular flexibility index (Phi) is 6.12. The molecule has 3 aromatic rings. The number of rotatable bonds is 6. The highest BCUT2D eigenvalue weighted by molar-refractivity contribution is 7.80. The largest absolute Gasteiger partial charge is 0.383 e. The van der Waals surface area contributed by atoms with Crippen molar-refractivity contribution in [2.45, 2.75) is 46.3 Å². The van der Waals surface area contributed by atoms with Crippen molar-refractivity contribution in [3.8, 4) is 0 Å². The van der Waals surface area contributed by atoms with Gasteiger partial charge in [0, 0.05) is 36.9 Å². The van der Waals surface area contributed by atoms with Crippen LogP contribution in [0.4, 0.5) is 5.69 Å². The molecule has 162 valence electrons. The molecule has 5 nitrogen and oxygen atoms in total. The number of ether oxygens (including phenoxy) is 1. The van der Waals surface area contributed by atoms with E-state index in [-0.39, 0.29) is 12.1 Å². The number of pyridine rings is 1. The highest BCUT2D eigenvalue weighted by Gasteiger charge is 2.42. The number of nitrogens with one attached hydrogen (secondary N) is 1. The Bertz CT molecular complexity index is 1070. The van der Waals surface area contributed by atoms with Crippen molar-refractivity contribution in [2.24, 2.45) is 0 Å². The third kappa shape index (κ3) is 4.10. The lowest BCUT2D eigenvalue weighted by atomic mass is 9.96. The predicted molar refractivity (Wildman–Crippen MR) is 130 cm³/mol. The van der Waals surface area contributed by atoms with Crippen LogP contribution in [0.3, 0.4) is 0 Å². The number of benzene rings is 1. The van der Waals surface area contributed by atoms with Crippen LogP contribution in [0.5, 0.6) is 0 Å². The van der Waals surface area contributed by atoms with Crippen molar-refractivity contribution in [3.63, 3.8) is 0 Å². The molecule has 1 fully saturated rings. The summed E-state index contributed by atoms with van der Waals surface area (Å²) in [7, 11) is 1.74. The number of aryl methyl sites for hydroxylation is 3. The van der Waals surface area contributed by atoms with Gasteiger partial charge in [0.1, 0.15) is 0 Å².